The van der Waals surface area contributed by atoms with Gasteiger partial charge in [0.05, 0.1) is 6.42 Å². The highest BCUT2D eigenvalue weighted by molar-refractivity contribution is 5.96. The maximum Gasteiger partial charge on any atom is 0.325 e. The summed E-state index contributed by atoms with van der Waals surface area (Å²) in [5, 5.41) is 22.1. The monoisotopic (exact) mass is 468 g/mol. The molecule has 9 nitrogen and oxygen atoms in total. The maximum atomic E-state index is 13.2. The zero-order valence-corrected chi connectivity index (χ0v) is 18.3. The molecule has 0 saturated carbocycles. The van der Waals surface area contributed by atoms with Crippen LogP contribution in [0.2, 0.25) is 0 Å². The van der Waals surface area contributed by atoms with E-state index in [-0.39, 0.29) is 18.7 Å². The van der Waals surface area contributed by atoms with E-state index >= 15 is 0 Å². The number of rotatable bonds is 8. The summed E-state index contributed by atoms with van der Waals surface area (Å²) in [6, 6.07) is 10.5. The summed E-state index contributed by atoms with van der Waals surface area (Å²) in [6.07, 6.45) is 1.29. The van der Waals surface area contributed by atoms with Gasteiger partial charge in [0.2, 0.25) is 5.91 Å². The summed E-state index contributed by atoms with van der Waals surface area (Å²) in [5.41, 5.74) is 2.69. The molecule has 1 atom stereocenters. The largest absolute Gasteiger partial charge is 0.481 e. The van der Waals surface area contributed by atoms with Crippen molar-refractivity contribution in [2.45, 2.75) is 18.9 Å². The van der Waals surface area contributed by atoms with Crippen molar-refractivity contribution in [1.82, 2.24) is 9.88 Å². The lowest BCUT2D eigenvalue weighted by atomic mass is 10.0. The molecular formula is C24H25FN4O5. The van der Waals surface area contributed by atoms with Gasteiger partial charge in [-0.2, -0.15) is 0 Å². The average Bonchev–Trinajstić information content (AvgIpc) is 3.21. The third kappa shape index (κ3) is 5.18. The quantitative estimate of drug-likeness (QED) is 0.400. The molecule has 34 heavy (non-hydrogen) atoms. The van der Waals surface area contributed by atoms with Crippen molar-refractivity contribution in [2.24, 2.45) is 0 Å². The van der Waals surface area contributed by atoms with Crippen LogP contribution < -0.4 is 10.2 Å². The van der Waals surface area contributed by atoms with Gasteiger partial charge in [-0.05, 0) is 36.4 Å². The van der Waals surface area contributed by atoms with Gasteiger partial charge in [0.25, 0.3) is 0 Å². The molecular weight excluding hydrogens is 443 g/mol. The van der Waals surface area contributed by atoms with Crippen molar-refractivity contribution in [2.75, 3.05) is 36.4 Å². The molecule has 1 fully saturated rings. The fourth-order valence-electron chi connectivity index (χ4n) is 4.27. The van der Waals surface area contributed by atoms with Gasteiger partial charge in [-0.25, -0.2) is 4.39 Å². The molecule has 4 N–H and O–H groups in total. The number of fused-ring (bicyclic) bond motifs is 1. The van der Waals surface area contributed by atoms with Crippen LogP contribution >= 0.6 is 0 Å². The lowest BCUT2D eigenvalue weighted by molar-refractivity contribution is -0.143. The first-order valence-electron chi connectivity index (χ1n) is 10.9. The summed E-state index contributed by atoms with van der Waals surface area (Å²) in [7, 11) is 0. The number of nitrogens with zero attached hydrogens (tertiary/aromatic N) is 2. The van der Waals surface area contributed by atoms with Crippen LogP contribution in [0.5, 0.6) is 0 Å². The topological polar surface area (TPSA) is 126 Å². The highest BCUT2D eigenvalue weighted by atomic mass is 19.1. The number of aromatic amines is 1. The number of aliphatic carboxylic acids is 2. The van der Waals surface area contributed by atoms with Crippen molar-refractivity contribution in [3.8, 4) is 0 Å². The Morgan fingerprint density at radius 1 is 1.00 bits per heavy atom. The van der Waals surface area contributed by atoms with Crippen LogP contribution in [0.15, 0.2) is 48.7 Å². The van der Waals surface area contributed by atoms with Crippen molar-refractivity contribution in [3.05, 3.63) is 60.0 Å². The van der Waals surface area contributed by atoms with Gasteiger partial charge in [-0.15, -0.1) is 0 Å². The highest BCUT2D eigenvalue weighted by Gasteiger charge is 2.32. The molecule has 1 aliphatic rings. The third-order valence-electron chi connectivity index (χ3n) is 5.96. The molecule has 10 heteroatoms. The van der Waals surface area contributed by atoms with Gasteiger partial charge in [-0.1, -0.05) is 6.07 Å². The zero-order chi connectivity index (χ0) is 24.2. The lowest BCUT2D eigenvalue weighted by Crippen LogP contribution is -2.49. The van der Waals surface area contributed by atoms with Gasteiger partial charge >= 0.3 is 11.9 Å². The summed E-state index contributed by atoms with van der Waals surface area (Å²) in [4.78, 5) is 41.9. The summed E-state index contributed by atoms with van der Waals surface area (Å²) >= 11 is 0. The summed E-state index contributed by atoms with van der Waals surface area (Å²) in [5.74, 6) is -2.70. The number of carbonyl (C=O) groups excluding carboxylic acids is 1. The standard InChI is InChI=1S/C24H25FN4O5/c25-15-1-4-17(5-2-15)28-9-11-29(12-10-28)23(24(33)34)19-14-26-20-13-16(3-6-18(19)20)27-21(30)7-8-22(31)32/h1-6,13-14,23,26H,7-12H2,(H,27,30)(H,31,32)(H,33,34). The van der Waals surface area contributed by atoms with E-state index in [2.05, 4.69) is 15.2 Å². The van der Waals surface area contributed by atoms with Gasteiger partial charge < -0.3 is 25.4 Å². The van der Waals surface area contributed by atoms with Crippen molar-refractivity contribution in [1.29, 1.82) is 0 Å². The van der Waals surface area contributed by atoms with Crippen molar-refractivity contribution < 1.29 is 29.0 Å². The molecule has 1 saturated heterocycles. The molecule has 4 rings (SSSR count). The molecule has 0 bridgehead atoms. The fourth-order valence-corrected chi connectivity index (χ4v) is 4.27. The van der Waals surface area contributed by atoms with Crippen molar-refractivity contribution >= 4 is 40.1 Å². The van der Waals surface area contributed by atoms with Crippen LogP contribution in [0, 0.1) is 5.82 Å². The Labute approximate surface area is 194 Å². The van der Waals surface area contributed by atoms with Crippen molar-refractivity contribution in [3.63, 3.8) is 0 Å². The Kier molecular flexibility index (Phi) is 6.78. The molecule has 1 aliphatic heterocycles. The molecule has 1 unspecified atom stereocenters. The zero-order valence-electron chi connectivity index (χ0n) is 18.3. The molecule has 1 amide bonds. The Bertz CT molecular complexity index is 1200. The second-order valence-electron chi connectivity index (χ2n) is 8.19. The van der Waals surface area contributed by atoms with Gasteiger partial charge in [0.1, 0.15) is 11.9 Å². The Morgan fingerprint density at radius 2 is 1.71 bits per heavy atom. The Balaban J connectivity index is 1.47. The van der Waals surface area contributed by atoms with E-state index in [9.17, 15) is 23.9 Å². The van der Waals surface area contributed by atoms with Gasteiger partial charge in [-0.3, -0.25) is 19.3 Å². The first-order chi connectivity index (χ1) is 16.3. The van der Waals surface area contributed by atoms with E-state index in [0.29, 0.717) is 42.9 Å². The predicted molar refractivity (Wildman–Crippen MR) is 124 cm³/mol. The summed E-state index contributed by atoms with van der Waals surface area (Å²) < 4.78 is 13.2. The Hall–Kier alpha value is -3.92. The summed E-state index contributed by atoms with van der Waals surface area (Å²) in [6.45, 7) is 2.28. The minimum atomic E-state index is -1.04. The number of anilines is 2. The average molecular weight is 468 g/mol. The molecule has 1 aromatic heterocycles. The molecule has 2 aromatic carbocycles. The number of hydrogen-bond donors (Lipinski definition) is 4. The minimum absolute atomic E-state index is 0.131. The van der Waals surface area contributed by atoms with E-state index in [1.165, 1.54) is 12.1 Å². The van der Waals surface area contributed by atoms with Crippen LogP contribution in [0.4, 0.5) is 15.8 Å². The minimum Gasteiger partial charge on any atom is -0.481 e. The number of nitrogens with one attached hydrogen (secondary N) is 2. The fraction of sp³-hybridized carbons (Fsp3) is 0.292. The molecule has 2 heterocycles. The lowest BCUT2D eigenvalue weighted by Gasteiger charge is -2.38. The van der Waals surface area contributed by atoms with E-state index < -0.39 is 23.9 Å². The van der Waals surface area contributed by atoms with E-state index in [1.54, 1.807) is 36.5 Å². The van der Waals surface area contributed by atoms with Gasteiger partial charge in [0, 0.05) is 66.6 Å². The smallest absolute Gasteiger partial charge is 0.325 e. The van der Waals surface area contributed by atoms with Crippen LogP contribution in [0.25, 0.3) is 10.9 Å². The van der Waals surface area contributed by atoms with E-state index in [1.807, 2.05) is 4.90 Å². The number of aromatic nitrogens is 1. The van der Waals surface area contributed by atoms with Crippen LogP contribution in [-0.4, -0.2) is 64.1 Å². The molecule has 0 spiro atoms. The number of halogens is 1. The molecule has 0 radical (unpaired) electrons. The number of hydrogen-bond acceptors (Lipinski definition) is 5. The second-order valence-corrected chi connectivity index (χ2v) is 8.19. The number of carboxylic acid groups (broad SMARTS) is 2. The normalized spacial score (nSPS) is 15.3. The number of piperazine rings is 1. The van der Waals surface area contributed by atoms with E-state index in [4.69, 9.17) is 5.11 Å². The number of benzene rings is 2. The third-order valence-corrected chi connectivity index (χ3v) is 5.96. The molecule has 178 valence electrons. The Morgan fingerprint density at radius 3 is 2.35 bits per heavy atom. The second kappa shape index (κ2) is 9.92. The van der Waals surface area contributed by atoms with Crippen LogP contribution in [-0.2, 0) is 14.4 Å². The maximum absolute atomic E-state index is 13.2. The molecule has 0 aliphatic carbocycles. The first kappa shape index (κ1) is 23.2. The van der Waals surface area contributed by atoms with E-state index in [0.717, 1.165) is 11.1 Å². The first-order valence-corrected chi connectivity index (χ1v) is 10.9. The number of carbonyl (C=O) groups is 3. The molecule has 3 aromatic rings. The highest BCUT2D eigenvalue weighted by Crippen LogP contribution is 2.31. The number of amides is 1. The SMILES string of the molecule is O=C(O)CCC(=O)Nc1ccc2c(C(C(=O)O)N3CCN(c4ccc(F)cc4)CC3)c[nH]c2c1. The predicted octanol–water partition coefficient (Wildman–Crippen LogP) is 3.06. The van der Waals surface area contributed by atoms with Crippen LogP contribution in [0.1, 0.15) is 24.4 Å². The van der Waals surface area contributed by atoms with Crippen LogP contribution in [0.3, 0.4) is 0 Å². The number of carboxylic acids is 2. The number of H-pyrrole nitrogens is 1. The van der Waals surface area contributed by atoms with Gasteiger partial charge in [0.15, 0.2) is 0 Å².